The van der Waals surface area contributed by atoms with E-state index >= 15 is 0 Å². The van der Waals surface area contributed by atoms with Crippen molar-refractivity contribution in [3.8, 4) is 0 Å². The summed E-state index contributed by atoms with van der Waals surface area (Å²) in [5, 5.41) is 4.03. The number of rotatable bonds is 5. The van der Waals surface area contributed by atoms with Crippen LogP contribution < -0.4 is 5.73 Å². The van der Waals surface area contributed by atoms with Crippen molar-refractivity contribution in [3.63, 3.8) is 0 Å². The van der Waals surface area contributed by atoms with Crippen LogP contribution in [-0.4, -0.2) is 10.1 Å². The zero-order valence-electron chi connectivity index (χ0n) is 11.2. The minimum atomic E-state index is -0.515. The molecule has 0 radical (unpaired) electrons. The summed E-state index contributed by atoms with van der Waals surface area (Å²) in [4.78, 5) is 4.44. The topological polar surface area (TPSA) is 64.9 Å². The van der Waals surface area contributed by atoms with Gasteiger partial charge in [0.15, 0.2) is 5.82 Å². The first-order valence-corrected chi connectivity index (χ1v) is 7.23. The first-order chi connectivity index (χ1) is 9.09. The van der Waals surface area contributed by atoms with Crippen LogP contribution in [-0.2, 0) is 12.0 Å². The van der Waals surface area contributed by atoms with E-state index in [4.69, 9.17) is 10.3 Å². The van der Waals surface area contributed by atoms with Gasteiger partial charge in [0.25, 0.3) is 0 Å². The number of hydrogen-bond donors (Lipinski definition) is 1. The molecule has 19 heavy (non-hydrogen) atoms. The van der Waals surface area contributed by atoms with Gasteiger partial charge in [-0.15, -0.1) is 0 Å². The molecular formula is C14H18BrN3O. The molecule has 1 aromatic heterocycles. The van der Waals surface area contributed by atoms with E-state index < -0.39 is 5.54 Å². The van der Waals surface area contributed by atoms with Gasteiger partial charge in [-0.2, -0.15) is 4.98 Å². The lowest BCUT2D eigenvalue weighted by molar-refractivity contribution is 0.267. The molecule has 0 amide bonds. The Morgan fingerprint density at radius 3 is 2.58 bits per heavy atom. The fourth-order valence-electron chi connectivity index (χ4n) is 1.89. The summed E-state index contributed by atoms with van der Waals surface area (Å²) in [7, 11) is 0. The van der Waals surface area contributed by atoms with Crippen LogP contribution in [0.15, 0.2) is 33.3 Å². The van der Waals surface area contributed by atoms with E-state index in [-0.39, 0.29) is 0 Å². The van der Waals surface area contributed by atoms with Crippen LogP contribution in [0, 0.1) is 0 Å². The molecule has 1 aromatic carbocycles. The summed E-state index contributed by atoms with van der Waals surface area (Å²) in [6.45, 7) is 4.06. The van der Waals surface area contributed by atoms with E-state index in [0.29, 0.717) is 18.1 Å². The van der Waals surface area contributed by atoms with Crippen LogP contribution >= 0.6 is 15.9 Å². The van der Waals surface area contributed by atoms with Crippen molar-refractivity contribution in [2.45, 2.75) is 38.6 Å². The van der Waals surface area contributed by atoms with Gasteiger partial charge in [0.2, 0.25) is 5.89 Å². The first kappa shape index (κ1) is 14.2. The molecule has 0 saturated carbocycles. The SMILES string of the molecule is CCC(N)(CC)c1nc(Cc2ccccc2Br)no1. The van der Waals surface area contributed by atoms with E-state index in [2.05, 4.69) is 26.1 Å². The van der Waals surface area contributed by atoms with Crippen molar-refractivity contribution in [1.29, 1.82) is 0 Å². The molecule has 2 N–H and O–H groups in total. The van der Waals surface area contributed by atoms with Gasteiger partial charge in [0.05, 0.1) is 5.54 Å². The molecule has 0 aliphatic heterocycles. The summed E-state index contributed by atoms with van der Waals surface area (Å²) in [6.07, 6.45) is 2.19. The second kappa shape index (κ2) is 5.84. The highest BCUT2D eigenvalue weighted by atomic mass is 79.9. The highest BCUT2D eigenvalue weighted by Crippen LogP contribution is 2.25. The van der Waals surface area contributed by atoms with E-state index in [0.717, 1.165) is 22.9 Å². The number of halogens is 1. The number of hydrogen-bond acceptors (Lipinski definition) is 4. The Labute approximate surface area is 121 Å². The van der Waals surface area contributed by atoms with Crippen molar-refractivity contribution in [1.82, 2.24) is 10.1 Å². The third-order valence-corrected chi connectivity index (χ3v) is 4.24. The second-order valence-corrected chi connectivity index (χ2v) is 5.50. The zero-order valence-corrected chi connectivity index (χ0v) is 12.8. The number of aromatic nitrogens is 2. The molecule has 0 aliphatic rings. The minimum Gasteiger partial charge on any atom is -0.337 e. The van der Waals surface area contributed by atoms with Gasteiger partial charge in [-0.3, -0.25) is 0 Å². The Morgan fingerprint density at radius 1 is 1.26 bits per heavy atom. The summed E-state index contributed by atoms with van der Waals surface area (Å²) in [6, 6.07) is 8.01. The van der Waals surface area contributed by atoms with Gasteiger partial charge in [-0.05, 0) is 24.5 Å². The lowest BCUT2D eigenvalue weighted by Gasteiger charge is -2.20. The van der Waals surface area contributed by atoms with E-state index in [1.165, 1.54) is 0 Å². The molecule has 0 spiro atoms. The molecule has 0 bridgehead atoms. The van der Waals surface area contributed by atoms with Crippen LogP contribution in [0.2, 0.25) is 0 Å². The third kappa shape index (κ3) is 3.04. The van der Waals surface area contributed by atoms with Crippen molar-refractivity contribution in [2.75, 3.05) is 0 Å². The van der Waals surface area contributed by atoms with Crippen LogP contribution in [0.1, 0.15) is 44.0 Å². The molecule has 2 aromatic rings. The maximum Gasteiger partial charge on any atom is 0.246 e. The molecule has 4 nitrogen and oxygen atoms in total. The fraction of sp³-hybridized carbons (Fsp3) is 0.429. The first-order valence-electron chi connectivity index (χ1n) is 6.44. The minimum absolute atomic E-state index is 0.515. The summed E-state index contributed by atoms with van der Waals surface area (Å²) >= 11 is 3.52. The third-order valence-electron chi connectivity index (χ3n) is 3.46. The molecule has 0 fully saturated rings. The van der Waals surface area contributed by atoms with Crippen molar-refractivity contribution in [3.05, 3.63) is 46.0 Å². The Balaban J connectivity index is 2.21. The Hall–Kier alpha value is -1.20. The van der Waals surface area contributed by atoms with Gasteiger partial charge in [0, 0.05) is 10.9 Å². The lowest BCUT2D eigenvalue weighted by atomic mass is 9.94. The highest BCUT2D eigenvalue weighted by Gasteiger charge is 2.29. The van der Waals surface area contributed by atoms with Gasteiger partial charge < -0.3 is 10.3 Å². The Morgan fingerprint density at radius 2 is 1.95 bits per heavy atom. The van der Waals surface area contributed by atoms with Gasteiger partial charge in [0.1, 0.15) is 0 Å². The van der Waals surface area contributed by atoms with Crippen LogP contribution in [0.3, 0.4) is 0 Å². The second-order valence-electron chi connectivity index (χ2n) is 4.65. The maximum atomic E-state index is 6.25. The van der Waals surface area contributed by atoms with Crippen LogP contribution in [0.25, 0.3) is 0 Å². The lowest BCUT2D eigenvalue weighted by Crippen LogP contribution is -2.35. The van der Waals surface area contributed by atoms with Gasteiger partial charge >= 0.3 is 0 Å². The Kier molecular flexibility index (Phi) is 4.37. The van der Waals surface area contributed by atoms with Gasteiger partial charge in [-0.25, -0.2) is 0 Å². The number of nitrogens with two attached hydrogens (primary N) is 1. The quantitative estimate of drug-likeness (QED) is 0.915. The largest absolute Gasteiger partial charge is 0.337 e. The molecule has 1 heterocycles. The summed E-state index contributed by atoms with van der Waals surface area (Å²) in [5.41, 5.74) is 6.86. The molecule has 0 saturated heterocycles. The van der Waals surface area contributed by atoms with E-state index in [9.17, 15) is 0 Å². The van der Waals surface area contributed by atoms with E-state index in [1.54, 1.807) is 0 Å². The van der Waals surface area contributed by atoms with Crippen molar-refractivity contribution in [2.24, 2.45) is 5.73 Å². The molecule has 0 atom stereocenters. The van der Waals surface area contributed by atoms with Gasteiger partial charge in [-0.1, -0.05) is 53.1 Å². The molecular weight excluding hydrogens is 306 g/mol. The molecule has 2 rings (SSSR count). The average Bonchev–Trinajstić information content (AvgIpc) is 2.90. The predicted molar refractivity (Wildman–Crippen MR) is 77.7 cm³/mol. The monoisotopic (exact) mass is 323 g/mol. The Bertz CT molecular complexity index is 549. The van der Waals surface area contributed by atoms with Crippen LogP contribution in [0.4, 0.5) is 0 Å². The molecule has 5 heteroatoms. The van der Waals surface area contributed by atoms with Crippen molar-refractivity contribution < 1.29 is 4.52 Å². The summed E-state index contributed by atoms with van der Waals surface area (Å²) < 4.78 is 6.37. The number of nitrogens with zero attached hydrogens (tertiary/aromatic N) is 2. The normalized spacial score (nSPS) is 11.8. The molecule has 0 unspecified atom stereocenters. The zero-order chi connectivity index (χ0) is 13.9. The molecule has 102 valence electrons. The standard InChI is InChI=1S/C14H18BrN3O/c1-3-14(16,4-2)13-17-12(18-19-13)9-10-7-5-6-8-11(10)15/h5-8H,3-4,9,16H2,1-2H3. The van der Waals surface area contributed by atoms with E-state index in [1.807, 2.05) is 38.1 Å². The van der Waals surface area contributed by atoms with Crippen LogP contribution in [0.5, 0.6) is 0 Å². The molecule has 0 aliphatic carbocycles. The smallest absolute Gasteiger partial charge is 0.246 e. The predicted octanol–water partition coefficient (Wildman–Crippen LogP) is 3.40. The highest BCUT2D eigenvalue weighted by molar-refractivity contribution is 9.10. The number of benzene rings is 1. The van der Waals surface area contributed by atoms with Crippen molar-refractivity contribution >= 4 is 15.9 Å². The maximum absolute atomic E-state index is 6.25. The summed E-state index contributed by atoms with van der Waals surface area (Å²) in [5.74, 6) is 1.19. The fourth-order valence-corrected chi connectivity index (χ4v) is 2.32. The average molecular weight is 324 g/mol.